The Labute approximate surface area is 87.3 Å². The molecule has 0 aromatic heterocycles. The van der Waals surface area contributed by atoms with Crippen LogP contribution in [0.15, 0.2) is 24.3 Å². The highest BCUT2D eigenvalue weighted by molar-refractivity contribution is 5.29. The normalized spacial score (nSPS) is 15.6. The maximum Gasteiger partial charge on any atom is 0.0128 e. The van der Waals surface area contributed by atoms with Crippen LogP contribution >= 0.6 is 0 Å². The minimum Gasteiger partial charge on any atom is -0.327 e. The zero-order valence-electron chi connectivity index (χ0n) is 9.62. The molecule has 0 aliphatic rings. The van der Waals surface area contributed by atoms with Gasteiger partial charge in [-0.1, -0.05) is 45.0 Å². The molecule has 78 valence electrons. The molecule has 0 saturated heterocycles. The van der Waals surface area contributed by atoms with Crippen molar-refractivity contribution in [3.05, 3.63) is 35.4 Å². The molecule has 0 bridgehead atoms. The second-order valence-electron chi connectivity index (χ2n) is 4.47. The highest BCUT2D eigenvalue weighted by atomic mass is 14.7. The highest BCUT2D eigenvalue weighted by Gasteiger charge is 2.18. The van der Waals surface area contributed by atoms with Crippen LogP contribution in [0.3, 0.4) is 0 Å². The summed E-state index contributed by atoms with van der Waals surface area (Å²) in [4.78, 5) is 0. The van der Waals surface area contributed by atoms with Gasteiger partial charge < -0.3 is 5.73 Å². The first-order valence-corrected chi connectivity index (χ1v) is 5.35. The highest BCUT2D eigenvalue weighted by Crippen LogP contribution is 2.24. The topological polar surface area (TPSA) is 26.0 Å². The van der Waals surface area contributed by atoms with Gasteiger partial charge in [0.15, 0.2) is 0 Å². The summed E-state index contributed by atoms with van der Waals surface area (Å²) in [7, 11) is 0. The number of hydrogen-bond donors (Lipinski definition) is 1. The Balaban J connectivity index is 2.89. The van der Waals surface area contributed by atoms with E-state index >= 15 is 0 Å². The maximum atomic E-state index is 6.16. The minimum absolute atomic E-state index is 0.246. The van der Waals surface area contributed by atoms with Gasteiger partial charge in [-0.3, -0.25) is 0 Å². The minimum atomic E-state index is 0.246. The van der Waals surface area contributed by atoms with Crippen LogP contribution in [0.2, 0.25) is 0 Å². The monoisotopic (exact) mass is 191 g/mol. The molecule has 0 amide bonds. The van der Waals surface area contributed by atoms with Crippen molar-refractivity contribution >= 4 is 0 Å². The molecule has 1 heteroatoms. The summed E-state index contributed by atoms with van der Waals surface area (Å²) in [6.45, 7) is 8.73. The Hall–Kier alpha value is -0.820. The Morgan fingerprint density at radius 3 is 2.14 bits per heavy atom. The van der Waals surface area contributed by atoms with Crippen molar-refractivity contribution in [2.75, 3.05) is 0 Å². The third kappa shape index (κ3) is 2.36. The van der Waals surface area contributed by atoms with Crippen LogP contribution < -0.4 is 5.73 Å². The Bertz CT molecular complexity index is 291. The second kappa shape index (κ2) is 4.61. The molecule has 0 spiro atoms. The number of rotatable bonds is 3. The lowest BCUT2D eigenvalue weighted by Gasteiger charge is -2.25. The summed E-state index contributed by atoms with van der Waals surface area (Å²) >= 11 is 0. The summed E-state index contributed by atoms with van der Waals surface area (Å²) in [6, 6.07) is 8.75. The molecule has 0 fully saturated rings. The first-order valence-electron chi connectivity index (χ1n) is 5.35. The van der Waals surface area contributed by atoms with Gasteiger partial charge in [0.05, 0.1) is 0 Å². The lowest BCUT2D eigenvalue weighted by molar-refractivity contribution is 0.433. The molecule has 0 heterocycles. The standard InChI is InChI=1S/C13H21N/c1-9(2)13(14)11(4)12-8-6-5-7-10(12)3/h5-9,11,13H,14H2,1-4H3. The lowest BCUT2D eigenvalue weighted by Crippen LogP contribution is -2.32. The van der Waals surface area contributed by atoms with Crippen LogP contribution in [0.4, 0.5) is 0 Å². The molecule has 0 saturated carbocycles. The van der Waals surface area contributed by atoms with Crippen LogP contribution in [-0.2, 0) is 0 Å². The first kappa shape index (κ1) is 11.3. The van der Waals surface area contributed by atoms with Gasteiger partial charge in [0.2, 0.25) is 0 Å². The van der Waals surface area contributed by atoms with E-state index in [1.165, 1.54) is 11.1 Å². The molecule has 14 heavy (non-hydrogen) atoms. The van der Waals surface area contributed by atoms with E-state index in [1.54, 1.807) is 0 Å². The fourth-order valence-electron chi connectivity index (χ4n) is 1.88. The SMILES string of the molecule is Cc1ccccc1C(C)C(N)C(C)C. The van der Waals surface area contributed by atoms with Crippen LogP contribution in [0.5, 0.6) is 0 Å². The average Bonchev–Trinajstić information content (AvgIpc) is 2.16. The largest absolute Gasteiger partial charge is 0.327 e. The quantitative estimate of drug-likeness (QED) is 0.780. The van der Waals surface area contributed by atoms with E-state index in [2.05, 4.69) is 52.0 Å². The first-order chi connectivity index (χ1) is 6.54. The van der Waals surface area contributed by atoms with Crippen molar-refractivity contribution < 1.29 is 0 Å². The fourth-order valence-corrected chi connectivity index (χ4v) is 1.88. The summed E-state index contributed by atoms with van der Waals surface area (Å²) in [5.74, 6) is 0.973. The Kier molecular flexibility index (Phi) is 3.70. The van der Waals surface area contributed by atoms with Gasteiger partial charge in [0.1, 0.15) is 0 Å². The molecule has 1 aromatic carbocycles. The zero-order chi connectivity index (χ0) is 10.7. The third-order valence-electron chi connectivity index (χ3n) is 3.03. The molecule has 1 rings (SSSR count). The predicted molar refractivity (Wildman–Crippen MR) is 62.4 cm³/mol. The molecular weight excluding hydrogens is 170 g/mol. The number of nitrogens with two attached hydrogens (primary N) is 1. The molecule has 1 aromatic rings. The van der Waals surface area contributed by atoms with E-state index in [4.69, 9.17) is 5.73 Å². The van der Waals surface area contributed by atoms with Crippen LogP contribution in [-0.4, -0.2) is 6.04 Å². The smallest absolute Gasteiger partial charge is 0.0128 e. The zero-order valence-corrected chi connectivity index (χ0v) is 9.62. The van der Waals surface area contributed by atoms with Gasteiger partial charge in [-0.05, 0) is 29.9 Å². The van der Waals surface area contributed by atoms with E-state index in [1.807, 2.05) is 0 Å². The second-order valence-corrected chi connectivity index (χ2v) is 4.47. The molecule has 0 radical (unpaired) electrons. The third-order valence-corrected chi connectivity index (χ3v) is 3.03. The molecule has 2 N–H and O–H groups in total. The van der Waals surface area contributed by atoms with Crippen LogP contribution in [0.25, 0.3) is 0 Å². The van der Waals surface area contributed by atoms with Gasteiger partial charge in [0, 0.05) is 6.04 Å². The molecule has 2 atom stereocenters. The van der Waals surface area contributed by atoms with Gasteiger partial charge in [-0.25, -0.2) is 0 Å². The lowest BCUT2D eigenvalue weighted by atomic mass is 9.85. The predicted octanol–water partition coefficient (Wildman–Crippen LogP) is 3.08. The summed E-state index contributed by atoms with van der Waals surface area (Å²) in [5.41, 5.74) is 8.89. The number of aryl methyl sites for hydroxylation is 1. The van der Waals surface area contributed by atoms with Gasteiger partial charge >= 0.3 is 0 Å². The van der Waals surface area contributed by atoms with E-state index in [0.717, 1.165) is 0 Å². The van der Waals surface area contributed by atoms with Crippen molar-refractivity contribution in [3.63, 3.8) is 0 Å². The molecule has 0 aliphatic carbocycles. The number of benzene rings is 1. The van der Waals surface area contributed by atoms with Crippen molar-refractivity contribution in [2.24, 2.45) is 11.7 Å². The number of hydrogen-bond acceptors (Lipinski definition) is 1. The van der Waals surface area contributed by atoms with Crippen molar-refractivity contribution in [1.29, 1.82) is 0 Å². The molecule has 0 aliphatic heterocycles. The van der Waals surface area contributed by atoms with Crippen molar-refractivity contribution in [3.8, 4) is 0 Å². The average molecular weight is 191 g/mol. The summed E-state index contributed by atoms with van der Waals surface area (Å²) in [6.07, 6.45) is 0. The van der Waals surface area contributed by atoms with E-state index in [0.29, 0.717) is 11.8 Å². The van der Waals surface area contributed by atoms with Crippen LogP contribution in [0, 0.1) is 12.8 Å². The van der Waals surface area contributed by atoms with Crippen LogP contribution in [0.1, 0.15) is 37.8 Å². The summed E-state index contributed by atoms with van der Waals surface area (Å²) in [5, 5.41) is 0. The maximum absolute atomic E-state index is 6.16. The molecular formula is C13H21N. The Morgan fingerprint density at radius 2 is 1.64 bits per heavy atom. The fraction of sp³-hybridized carbons (Fsp3) is 0.538. The Morgan fingerprint density at radius 1 is 1.07 bits per heavy atom. The van der Waals surface area contributed by atoms with Gasteiger partial charge in [-0.2, -0.15) is 0 Å². The van der Waals surface area contributed by atoms with Crippen molar-refractivity contribution in [2.45, 2.75) is 39.7 Å². The van der Waals surface area contributed by atoms with E-state index < -0.39 is 0 Å². The van der Waals surface area contributed by atoms with Gasteiger partial charge in [0.25, 0.3) is 0 Å². The van der Waals surface area contributed by atoms with E-state index in [9.17, 15) is 0 Å². The molecule has 1 nitrogen and oxygen atoms in total. The van der Waals surface area contributed by atoms with Gasteiger partial charge in [-0.15, -0.1) is 0 Å². The molecule has 2 unspecified atom stereocenters. The summed E-state index contributed by atoms with van der Waals surface area (Å²) < 4.78 is 0. The van der Waals surface area contributed by atoms with Crippen molar-refractivity contribution in [1.82, 2.24) is 0 Å². The van der Waals surface area contributed by atoms with E-state index in [-0.39, 0.29) is 6.04 Å².